The second-order valence-electron chi connectivity index (χ2n) is 4.80. The van der Waals surface area contributed by atoms with Crippen molar-refractivity contribution in [3.8, 4) is 0 Å². The third-order valence-corrected chi connectivity index (χ3v) is 3.07. The van der Waals surface area contributed by atoms with E-state index in [1.165, 1.54) is 42.5 Å². The van der Waals surface area contributed by atoms with Crippen LogP contribution in [0.15, 0.2) is 48.5 Å². The van der Waals surface area contributed by atoms with Crippen molar-refractivity contribution in [3.63, 3.8) is 0 Å². The number of esters is 1. The van der Waals surface area contributed by atoms with Gasteiger partial charge in [0.1, 0.15) is 6.61 Å². The van der Waals surface area contributed by atoms with Crippen molar-refractivity contribution in [2.24, 2.45) is 5.73 Å². The maximum Gasteiger partial charge on any atom is 0.416 e. The van der Waals surface area contributed by atoms with Crippen LogP contribution in [-0.2, 0) is 17.5 Å². The van der Waals surface area contributed by atoms with Gasteiger partial charge in [-0.05, 0) is 30.3 Å². The molecule has 3 N–H and O–H groups in total. The topological polar surface area (TPSA) is 81.4 Å². The van der Waals surface area contributed by atoms with E-state index < -0.39 is 30.3 Å². The first-order valence-electron chi connectivity index (χ1n) is 6.76. The minimum Gasteiger partial charge on any atom is -0.457 e. The minimum atomic E-state index is -4.52. The Morgan fingerprint density at radius 1 is 1.04 bits per heavy atom. The molecule has 0 bridgehead atoms. The highest BCUT2D eigenvalue weighted by atomic mass is 19.4. The Balaban J connectivity index is 2.05. The Hall–Kier alpha value is -3.03. The molecular weight excluding hydrogens is 325 g/mol. The van der Waals surface area contributed by atoms with Crippen LogP contribution in [0, 0.1) is 0 Å². The molecule has 0 aliphatic carbocycles. The van der Waals surface area contributed by atoms with E-state index in [9.17, 15) is 22.8 Å². The van der Waals surface area contributed by atoms with E-state index in [-0.39, 0.29) is 11.1 Å². The third kappa shape index (κ3) is 4.48. The van der Waals surface area contributed by atoms with E-state index in [2.05, 4.69) is 5.32 Å². The summed E-state index contributed by atoms with van der Waals surface area (Å²) in [6.07, 6.45) is -4.52. The van der Waals surface area contributed by atoms with Gasteiger partial charge in [0.2, 0.25) is 0 Å². The molecule has 0 spiro atoms. The number of nitrogens with one attached hydrogen (secondary N) is 1. The Morgan fingerprint density at radius 2 is 1.67 bits per heavy atom. The van der Waals surface area contributed by atoms with Gasteiger partial charge in [-0.3, -0.25) is 0 Å². The van der Waals surface area contributed by atoms with E-state index in [4.69, 9.17) is 10.5 Å². The quantitative estimate of drug-likeness (QED) is 0.837. The van der Waals surface area contributed by atoms with E-state index in [1.807, 2.05) is 0 Å². The fourth-order valence-electron chi connectivity index (χ4n) is 1.98. The maximum absolute atomic E-state index is 12.9. The lowest BCUT2D eigenvalue weighted by Crippen LogP contribution is -2.19. The zero-order chi connectivity index (χ0) is 17.7. The number of benzene rings is 2. The Morgan fingerprint density at radius 3 is 2.25 bits per heavy atom. The molecule has 8 heteroatoms. The highest BCUT2D eigenvalue weighted by Crippen LogP contribution is 2.32. The molecule has 0 atom stereocenters. The largest absolute Gasteiger partial charge is 0.457 e. The Kier molecular flexibility index (Phi) is 5.08. The summed E-state index contributed by atoms with van der Waals surface area (Å²) < 4.78 is 43.5. The molecule has 0 radical (unpaired) electrons. The van der Waals surface area contributed by atoms with Gasteiger partial charge in [0.05, 0.1) is 11.1 Å². The van der Waals surface area contributed by atoms with Gasteiger partial charge in [-0.1, -0.05) is 18.2 Å². The Bertz CT molecular complexity index is 743. The number of halogens is 3. The molecule has 5 nitrogen and oxygen atoms in total. The molecule has 0 aliphatic heterocycles. The number of ether oxygens (including phenoxy) is 1. The first-order valence-corrected chi connectivity index (χ1v) is 6.76. The number of primary amides is 1. The van der Waals surface area contributed by atoms with Gasteiger partial charge in [-0.25, -0.2) is 9.59 Å². The zero-order valence-corrected chi connectivity index (χ0v) is 12.3. The average molecular weight is 338 g/mol. The van der Waals surface area contributed by atoms with Crippen LogP contribution in [0.3, 0.4) is 0 Å². The summed E-state index contributed by atoms with van der Waals surface area (Å²) in [5.41, 5.74) is 4.48. The molecule has 24 heavy (non-hydrogen) atoms. The second kappa shape index (κ2) is 7.03. The fourth-order valence-corrected chi connectivity index (χ4v) is 1.98. The first kappa shape index (κ1) is 17.3. The molecular formula is C16H13F3N2O3. The summed E-state index contributed by atoms with van der Waals surface area (Å²) in [7, 11) is 0. The lowest BCUT2D eigenvalue weighted by atomic mass is 10.1. The number of carbonyl (C=O) groups excluding carboxylic acids is 2. The van der Waals surface area contributed by atoms with Crippen molar-refractivity contribution in [1.29, 1.82) is 0 Å². The van der Waals surface area contributed by atoms with Crippen LogP contribution >= 0.6 is 0 Å². The molecule has 2 amide bonds. The zero-order valence-electron chi connectivity index (χ0n) is 12.3. The standard InChI is InChI=1S/C16H13F3N2O3/c17-16(18,19)13-4-2-1-3-11(13)9-24-14(22)10-5-7-12(8-6-10)21-15(20)23/h1-8H,9H2,(H3,20,21,23). The molecule has 0 heterocycles. The normalized spacial score (nSPS) is 11.0. The summed E-state index contributed by atoms with van der Waals surface area (Å²) in [4.78, 5) is 22.6. The number of hydrogen-bond donors (Lipinski definition) is 2. The van der Waals surface area contributed by atoms with Crippen molar-refractivity contribution in [3.05, 3.63) is 65.2 Å². The summed E-state index contributed by atoms with van der Waals surface area (Å²) in [6.45, 7) is -0.504. The van der Waals surface area contributed by atoms with Crippen LogP contribution in [0.2, 0.25) is 0 Å². The molecule has 0 saturated heterocycles. The van der Waals surface area contributed by atoms with E-state index in [0.717, 1.165) is 6.07 Å². The van der Waals surface area contributed by atoms with Gasteiger partial charge in [0.15, 0.2) is 0 Å². The molecule has 2 rings (SSSR count). The monoisotopic (exact) mass is 338 g/mol. The number of nitrogens with two attached hydrogens (primary N) is 1. The number of rotatable bonds is 4. The van der Waals surface area contributed by atoms with Crippen LogP contribution in [-0.4, -0.2) is 12.0 Å². The number of urea groups is 1. The van der Waals surface area contributed by atoms with Gasteiger partial charge in [-0.15, -0.1) is 0 Å². The van der Waals surface area contributed by atoms with Gasteiger partial charge >= 0.3 is 18.2 Å². The number of anilines is 1. The minimum absolute atomic E-state index is 0.134. The number of carbonyl (C=O) groups is 2. The molecule has 126 valence electrons. The maximum atomic E-state index is 12.9. The summed E-state index contributed by atoms with van der Waals surface area (Å²) in [6, 6.07) is 9.68. The van der Waals surface area contributed by atoms with Crippen LogP contribution in [0.1, 0.15) is 21.5 Å². The van der Waals surface area contributed by atoms with Crippen LogP contribution < -0.4 is 11.1 Å². The number of amides is 2. The molecule has 0 aromatic heterocycles. The third-order valence-electron chi connectivity index (χ3n) is 3.07. The molecule has 0 fully saturated rings. The predicted molar refractivity (Wildman–Crippen MR) is 80.2 cm³/mol. The lowest BCUT2D eigenvalue weighted by Gasteiger charge is -2.13. The Labute approximate surface area is 135 Å². The highest BCUT2D eigenvalue weighted by molar-refractivity contribution is 5.91. The van der Waals surface area contributed by atoms with Crippen molar-refractivity contribution in [1.82, 2.24) is 0 Å². The number of hydrogen-bond acceptors (Lipinski definition) is 3. The summed E-state index contributed by atoms with van der Waals surface area (Å²) >= 11 is 0. The molecule has 0 saturated carbocycles. The van der Waals surface area contributed by atoms with Crippen LogP contribution in [0.5, 0.6) is 0 Å². The first-order chi connectivity index (χ1) is 11.3. The molecule has 2 aromatic carbocycles. The summed E-state index contributed by atoms with van der Waals surface area (Å²) in [5, 5.41) is 2.31. The van der Waals surface area contributed by atoms with E-state index in [0.29, 0.717) is 5.69 Å². The fraction of sp³-hybridized carbons (Fsp3) is 0.125. The predicted octanol–water partition coefficient (Wildman–Crippen LogP) is 3.55. The van der Waals surface area contributed by atoms with Gasteiger partial charge < -0.3 is 15.8 Å². The lowest BCUT2D eigenvalue weighted by molar-refractivity contribution is -0.138. The van der Waals surface area contributed by atoms with Crippen molar-refractivity contribution in [2.45, 2.75) is 12.8 Å². The van der Waals surface area contributed by atoms with Crippen molar-refractivity contribution < 1.29 is 27.5 Å². The van der Waals surface area contributed by atoms with Crippen LogP contribution in [0.25, 0.3) is 0 Å². The van der Waals surface area contributed by atoms with Crippen LogP contribution in [0.4, 0.5) is 23.7 Å². The van der Waals surface area contributed by atoms with E-state index in [1.54, 1.807) is 0 Å². The second-order valence-corrected chi connectivity index (χ2v) is 4.80. The van der Waals surface area contributed by atoms with Gasteiger partial charge in [0, 0.05) is 11.3 Å². The average Bonchev–Trinajstić information content (AvgIpc) is 2.52. The molecule has 0 aliphatic rings. The van der Waals surface area contributed by atoms with Crippen molar-refractivity contribution >= 4 is 17.7 Å². The van der Waals surface area contributed by atoms with Gasteiger partial charge in [0.25, 0.3) is 0 Å². The molecule has 2 aromatic rings. The van der Waals surface area contributed by atoms with Crippen molar-refractivity contribution in [2.75, 3.05) is 5.32 Å². The van der Waals surface area contributed by atoms with Gasteiger partial charge in [-0.2, -0.15) is 13.2 Å². The molecule has 0 unspecified atom stereocenters. The summed E-state index contributed by atoms with van der Waals surface area (Å²) in [5.74, 6) is -0.780. The van der Waals surface area contributed by atoms with E-state index >= 15 is 0 Å². The SMILES string of the molecule is NC(=O)Nc1ccc(C(=O)OCc2ccccc2C(F)(F)F)cc1. The smallest absolute Gasteiger partial charge is 0.416 e. The number of alkyl halides is 3. The highest BCUT2D eigenvalue weighted by Gasteiger charge is 2.33.